The molecule has 2 rings (SSSR count). The highest BCUT2D eigenvalue weighted by Crippen LogP contribution is 2.04. The lowest BCUT2D eigenvalue weighted by Gasteiger charge is -2.24. The van der Waals surface area contributed by atoms with Gasteiger partial charge in [-0.15, -0.1) is 0 Å². The van der Waals surface area contributed by atoms with Gasteiger partial charge in [-0.2, -0.15) is 0 Å². The minimum absolute atomic E-state index is 1.32. The molecule has 0 unspecified atom stereocenters. The number of hydrogen-bond acceptors (Lipinski definition) is 2. The van der Waals surface area contributed by atoms with Crippen LogP contribution < -0.4 is 0 Å². The van der Waals surface area contributed by atoms with Crippen molar-refractivity contribution in [2.75, 3.05) is 40.3 Å². The SMILES string of the molecule is CC.CC.CN1CCC1.CN1CCCCC1. The van der Waals surface area contributed by atoms with Crippen molar-refractivity contribution in [1.82, 2.24) is 9.80 Å². The van der Waals surface area contributed by atoms with E-state index in [-0.39, 0.29) is 0 Å². The summed E-state index contributed by atoms with van der Waals surface area (Å²) in [5.41, 5.74) is 0. The van der Waals surface area contributed by atoms with E-state index in [2.05, 4.69) is 23.9 Å². The van der Waals surface area contributed by atoms with Crippen molar-refractivity contribution >= 4 is 0 Å². The molecule has 0 amide bonds. The van der Waals surface area contributed by atoms with E-state index in [1.54, 1.807) is 0 Å². The number of likely N-dealkylation sites (tertiary alicyclic amines) is 2. The molecule has 0 N–H and O–H groups in total. The minimum Gasteiger partial charge on any atom is -0.306 e. The average molecular weight is 230 g/mol. The third kappa shape index (κ3) is 12.0. The second kappa shape index (κ2) is 14.9. The van der Waals surface area contributed by atoms with E-state index in [0.717, 1.165) is 0 Å². The molecular formula is C14H34N2. The van der Waals surface area contributed by atoms with Gasteiger partial charge in [-0.05, 0) is 59.5 Å². The lowest BCUT2D eigenvalue weighted by molar-refractivity contribution is 0.229. The van der Waals surface area contributed by atoms with Crippen LogP contribution in [0.2, 0.25) is 0 Å². The Morgan fingerprint density at radius 2 is 0.812 bits per heavy atom. The van der Waals surface area contributed by atoms with E-state index in [1.165, 1.54) is 51.9 Å². The van der Waals surface area contributed by atoms with Crippen LogP contribution in [0.3, 0.4) is 0 Å². The Morgan fingerprint density at radius 3 is 0.938 bits per heavy atom. The number of hydrogen-bond donors (Lipinski definition) is 0. The van der Waals surface area contributed by atoms with Crippen molar-refractivity contribution in [2.24, 2.45) is 0 Å². The molecule has 2 saturated heterocycles. The number of rotatable bonds is 0. The smallest absolute Gasteiger partial charge is 0.000959 e. The fourth-order valence-corrected chi connectivity index (χ4v) is 1.53. The zero-order valence-corrected chi connectivity index (χ0v) is 12.6. The fourth-order valence-electron chi connectivity index (χ4n) is 1.53. The molecule has 0 radical (unpaired) electrons. The Hall–Kier alpha value is -0.0800. The van der Waals surface area contributed by atoms with Crippen LogP contribution in [0.15, 0.2) is 0 Å². The van der Waals surface area contributed by atoms with Gasteiger partial charge in [-0.1, -0.05) is 34.1 Å². The molecule has 0 spiro atoms. The van der Waals surface area contributed by atoms with Gasteiger partial charge in [0.2, 0.25) is 0 Å². The largest absolute Gasteiger partial charge is 0.306 e. The van der Waals surface area contributed by atoms with Crippen molar-refractivity contribution in [3.63, 3.8) is 0 Å². The van der Waals surface area contributed by atoms with Crippen molar-refractivity contribution < 1.29 is 0 Å². The van der Waals surface area contributed by atoms with Crippen LogP contribution in [-0.2, 0) is 0 Å². The first-order chi connectivity index (χ1) is 7.79. The van der Waals surface area contributed by atoms with Gasteiger partial charge in [0.25, 0.3) is 0 Å². The average Bonchev–Trinajstić information content (AvgIpc) is 2.33. The molecule has 2 aliphatic heterocycles. The summed E-state index contributed by atoms with van der Waals surface area (Å²) in [6.45, 7) is 13.3. The number of piperidine rings is 1. The maximum atomic E-state index is 2.39. The molecule has 0 saturated carbocycles. The topological polar surface area (TPSA) is 6.48 Å². The van der Waals surface area contributed by atoms with Gasteiger partial charge >= 0.3 is 0 Å². The predicted octanol–water partition coefficient (Wildman–Crippen LogP) is 3.48. The molecule has 16 heavy (non-hydrogen) atoms. The maximum Gasteiger partial charge on any atom is -0.000959 e. The van der Waals surface area contributed by atoms with Crippen molar-refractivity contribution in [1.29, 1.82) is 0 Å². The van der Waals surface area contributed by atoms with Gasteiger partial charge in [-0.3, -0.25) is 0 Å². The highest BCUT2D eigenvalue weighted by Gasteiger charge is 2.04. The summed E-state index contributed by atoms with van der Waals surface area (Å²) < 4.78 is 0. The van der Waals surface area contributed by atoms with Crippen molar-refractivity contribution in [2.45, 2.75) is 53.4 Å². The van der Waals surface area contributed by atoms with Gasteiger partial charge in [-0.25, -0.2) is 0 Å². The minimum atomic E-state index is 1.32. The normalized spacial score (nSPS) is 19.9. The zero-order valence-electron chi connectivity index (χ0n) is 12.6. The zero-order chi connectivity index (χ0) is 12.8. The first-order valence-corrected chi connectivity index (χ1v) is 7.16. The summed E-state index contributed by atoms with van der Waals surface area (Å²) in [5, 5.41) is 0. The molecule has 2 heteroatoms. The lowest BCUT2D eigenvalue weighted by atomic mass is 10.1. The summed E-state index contributed by atoms with van der Waals surface area (Å²) in [5.74, 6) is 0. The van der Waals surface area contributed by atoms with Crippen LogP contribution in [0.5, 0.6) is 0 Å². The molecular weight excluding hydrogens is 196 g/mol. The van der Waals surface area contributed by atoms with E-state index < -0.39 is 0 Å². The molecule has 0 atom stereocenters. The maximum absolute atomic E-state index is 2.39. The molecule has 0 aromatic rings. The van der Waals surface area contributed by atoms with Crippen molar-refractivity contribution in [3.05, 3.63) is 0 Å². The van der Waals surface area contributed by atoms with Crippen LogP contribution in [0, 0.1) is 0 Å². The Morgan fingerprint density at radius 1 is 0.500 bits per heavy atom. The van der Waals surface area contributed by atoms with Gasteiger partial charge in [0, 0.05) is 0 Å². The summed E-state index contributed by atoms with van der Waals surface area (Å²) >= 11 is 0. The van der Waals surface area contributed by atoms with Gasteiger partial charge in [0.05, 0.1) is 0 Å². The standard InChI is InChI=1S/C6H13N.C4H9N.2C2H6/c1-7-5-3-2-4-6-7;1-5-3-2-4-5;2*1-2/h2-6H2,1H3;2-4H2,1H3;2*1-2H3. The van der Waals surface area contributed by atoms with E-state index in [0.29, 0.717) is 0 Å². The summed E-state index contributed by atoms with van der Waals surface area (Å²) in [6, 6.07) is 0. The molecule has 0 aliphatic carbocycles. The Bertz CT molecular complexity index is 105. The summed E-state index contributed by atoms with van der Waals surface area (Å²) in [7, 11) is 4.34. The molecule has 0 bridgehead atoms. The van der Waals surface area contributed by atoms with E-state index >= 15 is 0 Å². The van der Waals surface area contributed by atoms with E-state index in [4.69, 9.17) is 0 Å². The highest BCUT2D eigenvalue weighted by molar-refractivity contribution is 4.61. The molecule has 2 aliphatic rings. The Balaban J connectivity index is 0. The van der Waals surface area contributed by atoms with Gasteiger partial charge < -0.3 is 9.80 Å². The fraction of sp³-hybridized carbons (Fsp3) is 1.00. The quantitative estimate of drug-likeness (QED) is 0.629. The van der Waals surface area contributed by atoms with Crippen molar-refractivity contribution in [3.8, 4) is 0 Å². The first kappa shape index (κ1) is 18.3. The second-order valence-corrected chi connectivity index (χ2v) is 4.02. The summed E-state index contributed by atoms with van der Waals surface area (Å²) in [4.78, 5) is 4.70. The molecule has 2 fully saturated rings. The molecule has 2 heterocycles. The molecule has 2 nitrogen and oxygen atoms in total. The van der Waals surface area contributed by atoms with Crippen LogP contribution in [0.25, 0.3) is 0 Å². The molecule has 0 aromatic carbocycles. The van der Waals surface area contributed by atoms with E-state index in [1.807, 2.05) is 27.7 Å². The third-order valence-corrected chi connectivity index (χ3v) is 2.66. The molecule has 100 valence electrons. The molecule has 0 aromatic heterocycles. The summed E-state index contributed by atoms with van der Waals surface area (Å²) in [6.07, 6.45) is 5.69. The monoisotopic (exact) mass is 230 g/mol. The van der Waals surface area contributed by atoms with Crippen LogP contribution in [-0.4, -0.2) is 50.1 Å². The van der Waals surface area contributed by atoms with Crippen LogP contribution in [0.4, 0.5) is 0 Å². The van der Waals surface area contributed by atoms with Crippen LogP contribution >= 0.6 is 0 Å². The first-order valence-electron chi connectivity index (χ1n) is 7.16. The highest BCUT2D eigenvalue weighted by atomic mass is 15.1. The van der Waals surface area contributed by atoms with Gasteiger partial charge in [0.1, 0.15) is 0 Å². The van der Waals surface area contributed by atoms with Gasteiger partial charge in [0.15, 0.2) is 0 Å². The second-order valence-electron chi connectivity index (χ2n) is 4.02. The third-order valence-electron chi connectivity index (χ3n) is 2.66. The van der Waals surface area contributed by atoms with E-state index in [9.17, 15) is 0 Å². The predicted molar refractivity (Wildman–Crippen MR) is 76.2 cm³/mol. The number of nitrogens with zero attached hydrogens (tertiary/aromatic N) is 2. The Labute approximate surface area is 104 Å². The lowest BCUT2D eigenvalue weighted by Crippen LogP contribution is -2.32. The van der Waals surface area contributed by atoms with Crippen LogP contribution in [0.1, 0.15) is 53.4 Å². The Kier molecular flexibility index (Phi) is 17.1.